The smallest absolute Gasteiger partial charge is 0.338 e. The molecule has 0 aliphatic rings. The van der Waals surface area contributed by atoms with Crippen molar-refractivity contribution >= 4 is 11.7 Å². The van der Waals surface area contributed by atoms with Crippen LogP contribution in [0.5, 0.6) is 0 Å². The van der Waals surface area contributed by atoms with Gasteiger partial charge < -0.3 is 4.74 Å². The van der Waals surface area contributed by atoms with Gasteiger partial charge in [-0.15, -0.1) is 0 Å². The molecule has 0 amide bonds. The van der Waals surface area contributed by atoms with E-state index in [1.807, 2.05) is 13.0 Å². The first-order valence-corrected chi connectivity index (χ1v) is 7.14. The SMILES string of the molecule is CCCCOC(=O)c1ccccc1-c1ccc([N+](=O)[O-])cc1. The first-order valence-electron chi connectivity index (χ1n) is 7.14. The molecule has 0 aromatic heterocycles. The molecule has 0 saturated heterocycles. The number of rotatable bonds is 6. The quantitative estimate of drug-likeness (QED) is 0.346. The van der Waals surface area contributed by atoms with Gasteiger partial charge in [0.1, 0.15) is 0 Å². The Kier molecular flexibility index (Phi) is 5.25. The summed E-state index contributed by atoms with van der Waals surface area (Å²) in [6.45, 7) is 2.42. The van der Waals surface area contributed by atoms with Gasteiger partial charge in [-0.25, -0.2) is 4.79 Å². The van der Waals surface area contributed by atoms with Gasteiger partial charge in [0, 0.05) is 12.1 Å². The van der Waals surface area contributed by atoms with Gasteiger partial charge in [-0.1, -0.05) is 31.5 Å². The third-order valence-electron chi connectivity index (χ3n) is 3.27. The second-order valence-electron chi connectivity index (χ2n) is 4.84. The van der Waals surface area contributed by atoms with Gasteiger partial charge >= 0.3 is 5.97 Å². The van der Waals surface area contributed by atoms with Gasteiger partial charge in [0.05, 0.1) is 17.1 Å². The lowest BCUT2D eigenvalue weighted by atomic mass is 9.99. The second-order valence-corrected chi connectivity index (χ2v) is 4.84. The Morgan fingerprint density at radius 1 is 1.14 bits per heavy atom. The van der Waals surface area contributed by atoms with E-state index in [4.69, 9.17) is 4.74 Å². The Morgan fingerprint density at radius 2 is 1.82 bits per heavy atom. The molecule has 0 radical (unpaired) electrons. The molecule has 5 heteroatoms. The highest BCUT2D eigenvalue weighted by molar-refractivity contribution is 5.97. The number of nitro benzene ring substituents is 1. The zero-order chi connectivity index (χ0) is 15.9. The summed E-state index contributed by atoms with van der Waals surface area (Å²) < 4.78 is 5.25. The third-order valence-corrected chi connectivity index (χ3v) is 3.27. The number of non-ortho nitro benzene ring substituents is 1. The lowest BCUT2D eigenvalue weighted by Crippen LogP contribution is -2.07. The maximum absolute atomic E-state index is 12.2. The Bertz CT molecular complexity index is 665. The molecule has 2 rings (SSSR count). The lowest BCUT2D eigenvalue weighted by Gasteiger charge is -2.09. The number of unbranched alkanes of at least 4 members (excludes halogenated alkanes) is 1. The summed E-state index contributed by atoms with van der Waals surface area (Å²) in [6, 6.07) is 13.2. The van der Waals surface area contributed by atoms with Crippen LogP contribution in [0.15, 0.2) is 48.5 Å². The molecule has 0 heterocycles. The van der Waals surface area contributed by atoms with Crippen LogP contribution in [0.3, 0.4) is 0 Å². The predicted molar refractivity (Wildman–Crippen MR) is 83.7 cm³/mol. The monoisotopic (exact) mass is 299 g/mol. The molecule has 5 nitrogen and oxygen atoms in total. The van der Waals surface area contributed by atoms with E-state index in [2.05, 4.69) is 0 Å². The fourth-order valence-corrected chi connectivity index (χ4v) is 2.06. The van der Waals surface area contributed by atoms with E-state index < -0.39 is 4.92 Å². The second kappa shape index (κ2) is 7.36. The van der Waals surface area contributed by atoms with Crippen LogP contribution in [0.4, 0.5) is 5.69 Å². The van der Waals surface area contributed by atoms with Crippen LogP contribution in [-0.2, 0) is 4.74 Å². The molecule has 0 atom stereocenters. The molecule has 0 spiro atoms. The van der Waals surface area contributed by atoms with Gasteiger partial charge in [-0.3, -0.25) is 10.1 Å². The highest BCUT2D eigenvalue weighted by atomic mass is 16.6. The highest BCUT2D eigenvalue weighted by Gasteiger charge is 2.14. The Morgan fingerprint density at radius 3 is 2.45 bits per heavy atom. The molecule has 0 bridgehead atoms. The minimum Gasteiger partial charge on any atom is -0.462 e. The molecule has 0 saturated carbocycles. The van der Waals surface area contributed by atoms with Crippen molar-refractivity contribution in [2.75, 3.05) is 6.61 Å². The number of hydrogen-bond donors (Lipinski definition) is 0. The van der Waals surface area contributed by atoms with Crippen LogP contribution < -0.4 is 0 Å². The molecule has 22 heavy (non-hydrogen) atoms. The summed E-state index contributed by atoms with van der Waals surface area (Å²) >= 11 is 0. The number of nitrogens with zero attached hydrogens (tertiary/aromatic N) is 1. The van der Waals surface area contributed by atoms with Crippen LogP contribution in [-0.4, -0.2) is 17.5 Å². The fraction of sp³-hybridized carbons (Fsp3) is 0.235. The van der Waals surface area contributed by atoms with E-state index in [-0.39, 0.29) is 11.7 Å². The molecular formula is C17H17NO4. The largest absolute Gasteiger partial charge is 0.462 e. The van der Waals surface area contributed by atoms with Gasteiger partial charge in [-0.05, 0) is 35.7 Å². The topological polar surface area (TPSA) is 69.4 Å². The van der Waals surface area contributed by atoms with Crippen molar-refractivity contribution < 1.29 is 14.5 Å². The van der Waals surface area contributed by atoms with E-state index in [1.165, 1.54) is 12.1 Å². The zero-order valence-corrected chi connectivity index (χ0v) is 12.3. The van der Waals surface area contributed by atoms with Crippen LogP contribution in [0, 0.1) is 10.1 Å². The van der Waals surface area contributed by atoms with Gasteiger partial charge in [0.25, 0.3) is 5.69 Å². The van der Waals surface area contributed by atoms with E-state index in [0.29, 0.717) is 17.7 Å². The zero-order valence-electron chi connectivity index (χ0n) is 12.3. The molecule has 2 aromatic rings. The summed E-state index contributed by atoms with van der Waals surface area (Å²) in [6.07, 6.45) is 1.78. The Balaban J connectivity index is 2.27. The van der Waals surface area contributed by atoms with Crippen LogP contribution in [0.2, 0.25) is 0 Å². The molecule has 0 unspecified atom stereocenters. The number of nitro groups is 1. The van der Waals surface area contributed by atoms with Crippen molar-refractivity contribution in [1.82, 2.24) is 0 Å². The standard InChI is InChI=1S/C17H17NO4/c1-2-3-12-22-17(19)16-7-5-4-6-15(16)13-8-10-14(11-9-13)18(20)21/h4-11H,2-3,12H2,1H3. The summed E-state index contributed by atoms with van der Waals surface area (Å²) in [5.74, 6) is -0.373. The summed E-state index contributed by atoms with van der Waals surface area (Å²) in [4.78, 5) is 22.4. The van der Waals surface area contributed by atoms with Gasteiger partial charge in [0.2, 0.25) is 0 Å². The van der Waals surface area contributed by atoms with E-state index in [1.54, 1.807) is 30.3 Å². The van der Waals surface area contributed by atoms with Crippen LogP contribution in [0.25, 0.3) is 11.1 Å². The summed E-state index contributed by atoms with van der Waals surface area (Å²) in [5, 5.41) is 10.7. The van der Waals surface area contributed by atoms with Crippen molar-refractivity contribution in [3.8, 4) is 11.1 Å². The van der Waals surface area contributed by atoms with Crippen LogP contribution in [0.1, 0.15) is 30.1 Å². The molecule has 114 valence electrons. The van der Waals surface area contributed by atoms with E-state index in [0.717, 1.165) is 18.4 Å². The Hall–Kier alpha value is -2.69. The van der Waals surface area contributed by atoms with Crippen molar-refractivity contribution in [3.63, 3.8) is 0 Å². The van der Waals surface area contributed by atoms with Crippen LogP contribution >= 0.6 is 0 Å². The average molecular weight is 299 g/mol. The first-order chi connectivity index (χ1) is 10.6. The van der Waals surface area contributed by atoms with Crippen molar-refractivity contribution in [2.24, 2.45) is 0 Å². The molecule has 0 N–H and O–H groups in total. The molecule has 0 aliphatic heterocycles. The normalized spacial score (nSPS) is 10.2. The van der Waals surface area contributed by atoms with Crippen molar-refractivity contribution in [2.45, 2.75) is 19.8 Å². The number of carbonyl (C=O) groups is 1. The minimum atomic E-state index is -0.450. The number of esters is 1. The first kappa shape index (κ1) is 15.7. The fourth-order valence-electron chi connectivity index (χ4n) is 2.06. The predicted octanol–water partition coefficient (Wildman–Crippen LogP) is 4.22. The van der Waals surface area contributed by atoms with Gasteiger partial charge in [-0.2, -0.15) is 0 Å². The number of ether oxygens (including phenoxy) is 1. The van der Waals surface area contributed by atoms with E-state index in [9.17, 15) is 14.9 Å². The average Bonchev–Trinajstić information content (AvgIpc) is 2.55. The number of carbonyl (C=O) groups excluding carboxylic acids is 1. The lowest BCUT2D eigenvalue weighted by molar-refractivity contribution is -0.384. The molecular weight excluding hydrogens is 282 g/mol. The summed E-state index contributed by atoms with van der Waals surface area (Å²) in [7, 11) is 0. The minimum absolute atomic E-state index is 0.0201. The summed E-state index contributed by atoms with van der Waals surface area (Å²) in [5.41, 5.74) is 1.94. The van der Waals surface area contributed by atoms with Crippen molar-refractivity contribution in [1.29, 1.82) is 0 Å². The number of benzene rings is 2. The highest BCUT2D eigenvalue weighted by Crippen LogP contribution is 2.26. The molecule has 0 fully saturated rings. The van der Waals surface area contributed by atoms with Gasteiger partial charge in [0.15, 0.2) is 0 Å². The molecule has 2 aromatic carbocycles. The molecule has 0 aliphatic carbocycles. The maximum atomic E-state index is 12.2. The van der Waals surface area contributed by atoms with Crippen molar-refractivity contribution in [3.05, 3.63) is 64.2 Å². The maximum Gasteiger partial charge on any atom is 0.338 e. The third kappa shape index (κ3) is 3.69. The Labute approximate surface area is 128 Å². The number of hydrogen-bond acceptors (Lipinski definition) is 4. The van der Waals surface area contributed by atoms with E-state index >= 15 is 0 Å².